The Bertz CT molecular complexity index is 896. The fraction of sp³-hybridized carbons (Fsp3) is 0.167. The molecule has 0 radical (unpaired) electrons. The number of aromatic nitrogens is 3. The number of thioether (sulfide) groups is 1. The first kappa shape index (κ1) is 16.1. The largest absolute Gasteiger partial charge is 0.448 e. The minimum Gasteiger partial charge on any atom is -0.448 e. The van der Waals surface area contributed by atoms with Crippen molar-refractivity contribution in [3.8, 4) is 17.1 Å². The Hall–Kier alpha value is -2.38. The minimum atomic E-state index is -0.333. The summed E-state index contributed by atoms with van der Waals surface area (Å²) < 4.78 is 6.10. The van der Waals surface area contributed by atoms with E-state index in [-0.39, 0.29) is 6.23 Å². The molecule has 1 unspecified atom stereocenters. The molecule has 2 aromatic heterocycles. The highest BCUT2D eigenvalue weighted by Crippen LogP contribution is 2.36. The van der Waals surface area contributed by atoms with Gasteiger partial charge in [-0.3, -0.25) is 0 Å². The summed E-state index contributed by atoms with van der Waals surface area (Å²) in [5, 5.41) is 14.7. The molecule has 0 bridgehead atoms. The maximum atomic E-state index is 6.10. The van der Waals surface area contributed by atoms with Crippen molar-refractivity contribution in [1.29, 1.82) is 0 Å². The first-order valence-corrected chi connectivity index (χ1v) is 9.82. The van der Waals surface area contributed by atoms with Gasteiger partial charge < -0.3 is 10.1 Å². The predicted molar refractivity (Wildman–Crippen MR) is 103 cm³/mol. The molecule has 1 aromatic carbocycles. The fourth-order valence-electron chi connectivity index (χ4n) is 2.51. The molecule has 0 saturated heterocycles. The van der Waals surface area contributed by atoms with Crippen molar-refractivity contribution in [2.45, 2.75) is 18.3 Å². The van der Waals surface area contributed by atoms with Gasteiger partial charge in [0, 0.05) is 16.1 Å². The molecule has 3 heterocycles. The SMILES string of the molecule is CCSc1nnc2c(n1)OC(/C=C/c1cccs1)Nc1ccccc1-2. The van der Waals surface area contributed by atoms with Gasteiger partial charge in [0.05, 0.1) is 0 Å². The number of nitrogens with zero attached hydrogens (tertiary/aromatic N) is 3. The zero-order valence-corrected chi connectivity index (χ0v) is 15.2. The molecule has 0 aliphatic carbocycles. The van der Waals surface area contributed by atoms with Crippen molar-refractivity contribution < 1.29 is 4.74 Å². The Balaban J connectivity index is 1.73. The number of hydrogen-bond acceptors (Lipinski definition) is 7. The van der Waals surface area contributed by atoms with Crippen molar-refractivity contribution in [2.24, 2.45) is 0 Å². The van der Waals surface area contributed by atoms with Crippen LogP contribution in [0.25, 0.3) is 17.3 Å². The summed E-state index contributed by atoms with van der Waals surface area (Å²) in [5.74, 6) is 1.39. The normalized spacial score (nSPS) is 15.8. The van der Waals surface area contributed by atoms with Crippen LogP contribution >= 0.6 is 23.1 Å². The van der Waals surface area contributed by atoms with Gasteiger partial charge in [-0.2, -0.15) is 4.98 Å². The van der Waals surface area contributed by atoms with Gasteiger partial charge in [-0.25, -0.2) is 0 Å². The van der Waals surface area contributed by atoms with E-state index in [0.717, 1.165) is 17.0 Å². The third-order valence-electron chi connectivity index (χ3n) is 3.61. The van der Waals surface area contributed by atoms with Crippen LogP contribution in [0.4, 0.5) is 5.69 Å². The number of hydrogen-bond donors (Lipinski definition) is 1. The van der Waals surface area contributed by atoms with E-state index in [4.69, 9.17) is 4.74 Å². The van der Waals surface area contributed by atoms with Crippen LogP contribution in [0.3, 0.4) is 0 Å². The standard InChI is InChI=1S/C18H16N4OS2/c1-2-24-18-20-17-16(21-22-18)13-7-3-4-8-14(13)19-15(23-17)10-9-12-6-5-11-25-12/h3-11,15,19H,2H2,1H3/b10-9+. The molecule has 1 aliphatic rings. The quantitative estimate of drug-likeness (QED) is 0.682. The molecule has 4 rings (SSSR count). The second-order valence-corrected chi connectivity index (χ2v) is 7.49. The Morgan fingerprint density at radius 2 is 2.16 bits per heavy atom. The molecule has 126 valence electrons. The Kier molecular flexibility index (Phi) is 4.67. The van der Waals surface area contributed by atoms with Crippen molar-refractivity contribution in [2.75, 3.05) is 11.1 Å². The Morgan fingerprint density at radius 1 is 1.24 bits per heavy atom. The number of benzene rings is 1. The maximum Gasteiger partial charge on any atom is 0.247 e. The highest BCUT2D eigenvalue weighted by molar-refractivity contribution is 7.99. The van der Waals surface area contributed by atoms with E-state index in [9.17, 15) is 0 Å². The topological polar surface area (TPSA) is 59.9 Å². The summed E-state index contributed by atoms with van der Waals surface area (Å²) in [4.78, 5) is 5.73. The molecule has 0 amide bonds. The van der Waals surface area contributed by atoms with E-state index in [1.165, 1.54) is 4.88 Å². The Labute approximate surface area is 154 Å². The zero-order valence-electron chi connectivity index (χ0n) is 13.5. The van der Waals surface area contributed by atoms with Gasteiger partial charge in [-0.15, -0.1) is 21.5 Å². The summed E-state index contributed by atoms with van der Waals surface area (Å²) >= 11 is 3.23. The van der Waals surface area contributed by atoms with Crippen molar-refractivity contribution >= 4 is 34.9 Å². The van der Waals surface area contributed by atoms with Crippen LogP contribution in [0.1, 0.15) is 11.8 Å². The molecule has 3 aromatic rings. The second-order valence-electron chi connectivity index (χ2n) is 5.28. The molecule has 5 nitrogen and oxygen atoms in total. The van der Waals surface area contributed by atoms with Gasteiger partial charge in [0.1, 0.15) is 0 Å². The zero-order chi connectivity index (χ0) is 17.1. The van der Waals surface area contributed by atoms with E-state index in [0.29, 0.717) is 16.7 Å². The summed E-state index contributed by atoms with van der Waals surface area (Å²) in [5.41, 5.74) is 2.56. The third kappa shape index (κ3) is 3.52. The number of fused-ring (bicyclic) bond motifs is 3. The first-order chi connectivity index (χ1) is 12.3. The molecule has 0 saturated carbocycles. The van der Waals surface area contributed by atoms with Gasteiger partial charge in [-0.05, 0) is 35.4 Å². The molecule has 0 fully saturated rings. The molecular formula is C18H16N4OS2. The number of nitrogens with one attached hydrogen (secondary N) is 1. The highest BCUT2D eigenvalue weighted by Gasteiger charge is 2.23. The third-order valence-corrected chi connectivity index (χ3v) is 5.16. The molecule has 7 heteroatoms. The minimum absolute atomic E-state index is 0.333. The van der Waals surface area contributed by atoms with Crippen molar-refractivity contribution in [3.05, 3.63) is 52.7 Å². The predicted octanol–water partition coefficient (Wildman–Crippen LogP) is 4.56. The van der Waals surface area contributed by atoms with Gasteiger partial charge in [0.25, 0.3) is 0 Å². The van der Waals surface area contributed by atoms with Crippen LogP contribution in [0, 0.1) is 0 Å². The maximum absolute atomic E-state index is 6.10. The molecule has 25 heavy (non-hydrogen) atoms. The molecule has 1 atom stereocenters. The van der Waals surface area contributed by atoms with E-state index in [1.54, 1.807) is 23.1 Å². The van der Waals surface area contributed by atoms with Crippen LogP contribution in [-0.2, 0) is 0 Å². The average Bonchev–Trinajstić information content (AvgIpc) is 3.09. The van der Waals surface area contributed by atoms with Crippen LogP contribution in [0.15, 0.2) is 53.0 Å². The van der Waals surface area contributed by atoms with E-state index in [1.807, 2.05) is 42.5 Å². The summed E-state index contributed by atoms with van der Waals surface area (Å²) in [6, 6.07) is 12.1. The number of rotatable bonds is 4. The first-order valence-electron chi connectivity index (χ1n) is 7.95. The molecule has 1 N–H and O–H groups in total. The monoisotopic (exact) mass is 368 g/mol. The second kappa shape index (κ2) is 7.25. The van der Waals surface area contributed by atoms with E-state index >= 15 is 0 Å². The Morgan fingerprint density at radius 3 is 3.00 bits per heavy atom. The summed E-state index contributed by atoms with van der Waals surface area (Å²) in [6.07, 6.45) is 3.71. The van der Waals surface area contributed by atoms with Crippen LogP contribution < -0.4 is 10.1 Å². The van der Waals surface area contributed by atoms with Gasteiger partial charge in [0.15, 0.2) is 11.9 Å². The number of ether oxygens (including phenoxy) is 1. The molecule has 1 aliphatic heterocycles. The summed E-state index contributed by atoms with van der Waals surface area (Å²) in [7, 11) is 0. The fourth-order valence-corrected chi connectivity index (χ4v) is 3.65. The number of thiophene rings is 1. The van der Waals surface area contributed by atoms with E-state index in [2.05, 4.69) is 38.9 Å². The lowest BCUT2D eigenvalue weighted by atomic mass is 10.1. The highest BCUT2D eigenvalue weighted by atomic mass is 32.2. The van der Waals surface area contributed by atoms with E-state index < -0.39 is 0 Å². The van der Waals surface area contributed by atoms with Gasteiger partial charge in [0.2, 0.25) is 11.0 Å². The summed E-state index contributed by atoms with van der Waals surface area (Å²) in [6.45, 7) is 2.06. The average molecular weight is 368 g/mol. The van der Waals surface area contributed by atoms with Crippen molar-refractivity contribution in [1.82, 2.24) is 15.2 Å². The number of para-hydroxylation sites is 1. The van der Waals surface area contributed by atoms with Crippen LogP contribution in [0.2, 0.25) is 0 Å². The smallest absolute Gasteiger partial charge is 0.247 e. The van der Waals surface area contributed by atoms with Crippen LogP contribution in [0.5, 0.6) is 5.88 Å². The number of anilines is 1. The van der Waals surface area contributed by atoms with Gasteiger partial charge >= 0.3 is 0 Å². The lowest BCUT2D eigenvalue weighted by Crippen LogP contribution is -2.23. The lowest BCUT2D eigenvalue weighted by Gasteiger charge is -2.15. The van der Waals surface area contributed by atoms with Crippen molar-refractivity contribution in [3.63, 3.8) is 0 Å². The molecular weight excluding hydrogens is 352 g/mol. The lowest BCUT2D eigenvalue weighted by molar-refractivity contribution is 0.266. The molecule has 0 spiro atoms. The van der Waals surface area contributed by atoms with Crippen LogP contribution in [-0.4, -0.2) is 27.2 Å². The van der Waals surface area contributed by atoms with Gasteiger partial charge in [-0.1, -0.05) is 43.0 Å².